The second kappa shape index (κ2) is 5.61. The highest BCUT2D eigenvalue weighted by Gasteiger charge is 2.44. The van der Waals surface area contributed by atoms with E-state index in [1.807, 2.05) is 0 Å². The first-order valence-electron chi connectivity index (χ1n) is 6.75. The second-order valence-corrected chi connectivity index (χ2v) is 5.12. The molecule has 0 spiro atoms. The molecule has 1 aliphatic heterocycles. The van der Waals surface area contributed by atoms with Crippen LogP contribution in [0.15, 0.2) is 11.1 Å². The van der Waals surface area contributed by atoms with Crippen molar-refractivity contribution in [1.82, 2.24) is 19.5 Å². The standard InChI is InChI=1S/C12H15N5O6/c1-4(18)22-2-5-7(19)8(20)11(23-5)17-3-14-6-9(17)15-12(13)16-10(6)21/h3,5,7-8,11,19-20H,2H2,1H3,(H3,13,15,16,21)/t5-,7-,8-,11-/m0/s1. The molecule has 0 aromatic carbocycles. The van der Waals surface area contributed by atoms with Gasteiger partial charge in [-0.15, -0.1) is 0 Å². The van der Waals surface area contributed by atoms with Gasteiger partial charge in [-0.05, 0) is 0 Å². The van der Waals surface area contributed by atoms with Gasteiger partial charge in [0.05, 0.1) is 6.33 Å². The van der Waals surface area contributed by atoms with Gasteiger partial charge in [-0.3, -0.25) is 19.1 Å². The van der Waals surface area contributed by atoms with E-state index >= 15 is 0 Å². The number of nitrogens with zero attached hydrogens (tertiary/aromatic N) is 3. The van der Waals surface area contributed by atoms with Crippen molar-refractivity contribution in [3.8, 4) is 0 Å². The SMILES string of the molecule is CC(=O)OC[C@@H]1O[C@H](n2cnc3c(=O)[nH]c(N)nc32)[C@@H](O)[C@H]1O. The molecule has 2 aromatic heterocycles. The molecule has 2 aromatic rings. The minimum Gasteiger partial charge on any atom is -0.463 e. The van der Waals surface area contributed by atoms with Gasteiger partial charge in [-0.25, -0.2) is 4.98 Å². The molecule has 0 aliphatic carbocycles. The maximum Gasteiger partial charge on any atom is 0.302 e. The van der Waals surface area contributed by atoms with Crippen LogP contribution in [0.25, 0.3) is 11.2 Å². The minimum atomic E-state index is -1.32. The van der Waals surface area contributed by atoms with Crippen LogP contribution >= 0.6 is 0 Å². The Morgan fingerprint density at radius 3 is 2.96 bits per heavy atom. The summed E-state index contributed by atoms with van der Waals surface area (Å²) in [5.41, 5.74) is 5.10. The fourth-order valence-electron chi connectivity index (χ4n) is 2.43. The number of ether oxygens (including phenoxy) is 2. The number of H-pyrrole nitrogens is 1. The molecule has 0 saturated carbocycles. The lowest BCUT2D eigenvalue weighted by molar-refractivity contribution is -0.147. The van der Waals surface area contributed by atoms with E-state index in [1.165, 1.54) is 17.8 Å². The molecule has 11 heteroatoms. The summed E-state index contributed by atoms with van der Waals surface area (Å²) in [7, 11) is 0. The number of esters is 1. The van der Waals surface area contributed by atoms with E-state index in [0.717, 1.165) is 0 Å². The summed E-state index contributed by atoms with van der Waals surface area (Å²) in [4.78, 5) is 32.8. The average Bonchev–Trinajstić information content (AvgIpc) is 3.00. The van der Waals surface area contributed by atoms with Crippen LogP contribution in [0.1, 0.15) is 13.2 Å². The number of aromatic amines is 1. The van der Waals surface area contributed by atoms with Crippen molar-refractivity contribution < 1.29 is 24.5 Å². The van der Waals surface area contributed by atoms with Crippen LogP contribution in [0.5, 0.6) is 0 Å². The Morgan fingerprint density at radius 2 is 2.26 bits per heavy atom. The van der Waals surface area contributed by atoms with Crippen LogP contribution in [0.2, 0.25) is 0 Å². The molecule has 0 amide bonds. The quantitative estimate of drug-likeness (QED) is 0.462. The summed E-state index contributed by atoms with van der Waals surface area (Å²) in [5.74, 6) is -0.651. The fraction of sp³-hybridized carbons (Fsp3) is 0.500. The summed E-state index contributed by atoms with van der Waals surface area (Å²) < 4.78 is 11.6. The lowest BCUT2D eigenvalue weighted by Crippen LogP contribution is -2.34. The molecule has 11 nitrogen and oxygen atoms in total. The third-order valence-corrected chi connectivity index (χ3v) is 3.51. The van der Waals surface area contributed by atoms with Crippen molar-refractivity contribution in [2.24, 2.45) is 0 Å². The van der Waals surface area contributed by atoms with Gasteiger partial charge in [0.25, 0.3) is 5.56 Å². The summed E-state index contributed by atoms with van der Waals surface area (Å²) >= 11 is 0. The molecule has 23 heavy (non-hydrogen) atoms. The van der Waals surface area contributed by atoms with Gasteiger partial charge in [-0.1, -0.05) is 0 Å². The van der Waals surface area contributed by atoms with Gasteiger partial charge in [-0.2, -0.15) is 4.98 Å². The molecule has 0 bridgehead atoms. The van der Waals surface area contributed by atoms with Crippen LogP contribution < -0.4 is 11.3 Å². The van der Waals surface area contributed by atoms with Crippen LogP contribution in [0, 0.1) is 0 Å². The maximum atomic E-state index is 11.8. The van der Waals surface area contributed by atoms with Crippen LogP contribution in [0.4, 0.5) is 5.95 Å². The lowest BCUT2D eigenvalue weighted by Gasteiger charge is -2.16. The number of aliphatic hydroxyl groups excluding tert-OH is 2. The van der Waals surface area contributed by atoms with Gasteiger partial charge < -0.3 is 25.4 Å². The minimum absolute atomic E-state index is 0.0212. The number of rotatable bonds is 3. The Morgan fingerprint density at radius 1 is 1.52 bits per heavy atom. The van der Waals surface area contributed by atoms with E-state index in [-0.39, 0.29) is 23.7 Å². The normalized spacial score (nSPS) is 27.4. The number of nitrogens with two attached hydrogens (primary N) is 1. The van der Waals surface area contributed by atoms with Gasteiger partial charge in [0.15, 0.2) is 17.4 Å². The number of aliphatic hydroxyl groups is 2. The van der Waals surface area contributed by atoms with Crippen molar-refractivity contribution in [1.29, 1.82) is 0 Å². The summed E-state index contributed by atoms with van der Waals surface area (Å²) in [5, 5.41) is 20.2. The predicted molar refractivity (Wildman–Crippen MR) is 75.1 cm³/mol. The number of aromatic nitrogens is 4. The van der Waals surface area contributed by atoms with Crippen molar-refractivity contribution in [2.75, 3.05) is 12.3 Å². The molecule has 1 saturated heterocycles. The van der Waals surface area contributed by atoms with Gasteiger partial charge in [0, 0.05) is 6.92 Å². The zero-order valence-corrected chi connectivity index (χ0v) is 12.0. The first-order valence-corrected chi connectivity index (χ1v) is 6.75. The van der Waals surface area contributed by atoms with Crippen molar-refractivity contribution >= 4 is 23.1 Å². The van der Waals surface area contributed by atoms with E-state index in [0.29, 0.717) is 0 Å². The molecular weight excluding hydrogens is 310 g/mol. The fourth-order valence-corrected chi connectivity index (χ4v) is 2.43. The Labute approximate surface area is 128 Å². The first-order chi connectivity index (χ1) is 10.9. The highest BCUT2D eigenvalue weighted by molar-refractivity contribution is 5.70. The van der Waals surface area contributed by atoms with Crippen LogP contribution in [0.3, 0.4) is 0 Å². The summed E-state index contributed by atoms with van der Waals surface area (Å²) in [6.07, 6.45) is -3.33. The molecule has 4 atom stereocenters. The molecule has 124 valence electrons. The number of carbonyl (C=O) groups excluding carboxylic acids is 1. The molecule has 0 radical (unpaired) electrons. The Balaban J connectivity index is 1.93. The molecule has 3 rings (SSSR count). The third-order valence-electron chi connectivity index (χ3n) is 3.51. The Hall–Kier alpha value is -2.50. The molecule has 3 heterocycles. The van der Waals surface area contributed by atoms with E-state index in [1.54, 1.807) is 0 Å². The molecule has 5 N–H and O–H groups in total. The number of imidazole rings is 1. The zero-order chi connectivity index (χ0) is 16.7. The Bertz CT molecular complexity index is 801. The van der Waals surface area contributed by atoms with Crippen LogP contribution in [-0.4, -0.2) is 60.6 Å². The van der Waals surface area contributed by atoms with Crippen molar-refractivity contribution in [3.63, 3.8) is 0 Å². The second-order valence-electron chi connectivity index (χ2n) is 5.12. The number of fused-ring (bicyclic) bond motifs is 1. The van der Waals surface area contributed by atoms with E-state index in [2.05, 4.69) is 15.0 Å². The largest absolute Gasteiger partial charge is 0.463 e. The molecular formula is C12H15N5O6. The van der Waals surface area contributed by atoms with E-state index in [9.17, 15) is 19.8 Å². The number of hydrogen-bond acceptors (Lipinski definition) is 9. The van der Waals surface area contributed by atoms with Crippen molar-refractivity contribution in [3.05, 3.63) is 16.7 Å². The average molecular weight is 325 g/mol. The highest BCUT2D eigenvalue weighted by Crippen LogP contribution is 2.31. The first kappa shape index (κ1) is 15.4. The van der Waals surface area contributed by atoms with Gasteiger partial charge in [0.1, 0.15) is 24.9 Å². The molecule has 1 aliphatic rings. The third kappa shape index (κ3) is 2.65. The summed E-state index contributed by atoms with van der Waals surface area (Å²) in [6, 6.07) is 0. The Kier molecular flexibility index (Phi) is 3.75. The van der Waals surface area contributed by atoms with Crippen LogP contribution in [-0.2, 0) is 14.3 Å². The van der Waals surface area contributed by atoms with Gasteiger partial charge >= 0.3 is 5.97 Å². The lowest BCUT2D eigenvalue weighted by atomic mass is 10.1. The number of anilines is 1. The van der Waals surface area contributed by atoms with Crippen molar-refractivity contribution in [2.45, 2.75) is 31.5 Å². The molecule has 0 unspecified atom stereocenters. The topological polar surface area (TPSA) is 166 Å². The monoisotopic (exact) mass is 325 g/mol. The number of nitrogens with one attached hydrogen (secondary N) is 1. The van der Waals surface area contributed by atoms with Gasteiger partial charge in [0.2, 0.25) is 5.95 Å². The smallest absolute Gasteiger partial charge is 0.302 e. The molecule has 1 fully saturated rings. The van der Waals surface area contributed by atoms with E-state index < -0.39 is 36.1 Å². The summed E-state index contributed by atoms with van der Waals surface area (Å²) in [6.45, 7) is 1.00. The zero-order valence-electron chi connectivity index (χ0n) is 12.0. The number of carbonyl (C=O) groups is 1. The highest BCUT2D eigenvalue weighted by atomic mass is 16.6. The number of hydrogen-bond donors (Lipinski definition) is 4. The van der Waals surface area contributed by atoms with E-state index in [4.69, 9.17) is 15.2 Å². The maximum absolute atomic E-state index is 11.8. The number of nitrogen functional groups attached to an aromatic ring is 1. The predicted octanol–water partition coefficient (Wildman–Crippen LogP) is -2.12.